The van der Waals surface area contributed by atoms with Crippen LogP contribution in [0.5, 0.6) is 5.75 Å². The number of amides is 2. The van der Waals surface area contributed by atoms with Gasteiger partial charge < -0.3 is 15.0 Å². The van der Waals surface area contributed by atoms with Crippen LogP contribution in [0.25, 0.3) is 0 Å². The lowest BCUT2D eigenvalue weighted by molar-refractivity contribution is -0.141. The molecule has 0 saturated carbocycles. The third-order valence-electron chi connectivity index (χ3n) is 5.46. The first-order valence-electron chi connectivity index (χ1n) is 11.8. The first-order chi connectivity index (χ1) is 16.8. The van der Waals surface area contributed by atoms with Crippen molar-refractivity contribution >= 4 is 27.7 Å². The van der Waals surface area contributed by atoms with E-state index in [9.17, 15) is 18.0 Å². The smallest absolute Gasteiger partial charge is 0.304 e. The van der Waals surface area contributed by atoms with Crippen LogP contribution in [-0.2, 0) is 26.3 Å². The summed E-state index contributed by atoms with van der Waals surface area (Å²) in [6, 6.07) is 14.8. The van der Waals surface area contributed by atoms with Crippen molar-refractivity contribution in [1.82, 2.24) is 14.5 Å². The largest absolute Gasteiger partial charge is 0.497 e. The lowest BCUT2D eigenvalue weighted by Crippen LogP contribution is -2.55. The highest BCUT2D eigenvalue weighted by Crippen LogP contribution is 2.22. The molecule has 0 aliphatic carbocycles. The Balaban J connectivity index is 2.49. The van der Waals surface area contributed by atoms with Gasteiger partial charge in [-0.05, 0) is 57.0 Å². The van der Waals surface area contributed by atoms with E-state index in [4.69, 9.17) is 4.74 Å². The number of anilines is 1. The van der Waals surface area contributed by atoms with E-state index in [2.05, 4.69) is 5.32 Å². The topological polar surface area (TPSA) is 99.3 Å². The number of rotatable bonds is 11. The Morgan fingerprint density at radius 1 is 1.00 bits per heavy atom. The Labute approximate surface area is 215 Å². The second-order valence-electron chi connectivity index (χ2n) is 9.67. The Bertz CT molecular complexity index is 1110. The molecule has 1 atom stereocenters. The minimum atomic E-state index is -3.98. The summed E-state index contributed by atoms with van der Waals surface area (Å²) in [5.74, 6) is -0.119. The Morgan fingerprint density at radius 2 is 1.58 bits per heavy atom. The van der Waals surface area contributed by atoms with Gasteiger partial charge in [-0.15, -0.1) is 0 Å². The standard InChI is InChI=1S/C26H38N4O5S/c1-8-23(25(32)27-26(2,3)4)29(18-20-14-16-22(35-7)17-15-20)24(31)19-30(36(33,34)28(5)6)21-12-10-9-11-13-21/h9-17,23H,8,18-19H2,1-7H3,(H,27,32). The number of carbonyl (C=O) groups excluding carboxylic acids is 2. The molecule has 2 amide bonds. The van der Waals surface area contributed by atoms with Crippen molar-refractivity contribution in [2.45, 2.75) is 52.2 Å². The third kappa shape index (κ3) is 7.69. The highest BCUT2D eigenvalue weighted by atomic mass is 32.2. The molecule has 2 aromatic carbocycles. The molecule has 0 fully saturated rings. The van der Waals surface area contributed by atoms with Crippen molar-refractivity contribution in [2.75, 3.05) is 32.1 Å². The summed E-state index contributed by atoms with van der Waals surface area (Å²) >= 11 is 0. The van der Waals surface area contributed by atoms with E-state index >= 15 is 0 Å². The molecule has 198 valence electrons. The number of methoxy groups -OCH3 is 1. The fourth-order valence-electron chi connectivity index (χ4n) is 3.61. The van der Waals surface area contributed by atoms with Crippen molar-refractivity contribution in [1.29, 1.82) is 0 Å². The molecule has 0 aliphatic heterocycles. The summed E-state index contributed by atoms with van der Waals surface area (Å²) in [5.41, 5.74) is 0.646. The number of hydrogen-bond donors (Lipinski definition) is 1. The van der Waals surface area contributed by atoms with E-state index in [-0.39, 0.29) is 12.5 Å². The number of benzene rings is 2. The van der Waals surface area contributed by atoms with Crippen molar-refractivity contribution in [3.63, 3.8) is 0 Å². The second-order valence-corrected chi connectivity index (χ2v) is 11.7. The summed E-state index contributed by atoms with van der Waals surface area (Å²) in [6.45, 7) is 7.10. The highest BCUT2D eigenvalue weighted by Gasteiger charge is 2.34. The molecule has 10 heteroatoms. The Morgan fingerprint density at radius 3 is 2.06 bits per heavy atom. The van der Waals surface area contributed by atoms with Crippen molar-refractivity contribution in [3.8, 4) is 5.75 Å². The minimum absolute atomic E-state index is 0.129. The number of nitrogens with one attached hydrogen (secondary N) is 1. The summed E-state index contributed by atoms with van der Waals surface area (Å²) < 4.78 is 33.7. The fraction of sp³-hybridized carbons (Fsp3) is 0.462. The predicted molar refractivity (Wildman–Crippen MR) is 142 cm³/mol. The van der Waals surface area contributed by atoms with Gasteiger partial charge in [-0.25, -0.2) is 4.31 Å². The zero-order valence-corrected chi connectivity index (χ0v) is 23.0. The molecular weight excluding hydrogens is 480 g/mol. The van der Waals surface area contributed by atoms with Gasteiger partial charge in [0.1, 0.15) is 18.3 Å². The summed E-state index contributed by atoms with van der Waals surface area (Å²) in [4.78, 5) is 28.5. The van der Waals surface area contributed by atoms with Gasteiger partial charge in [-0.2, -0.15) is 12.7 Å². The zero-order valence-electron chi connectivity index (χ0n) is 22.2. The Hall–Kier alpha value is -3.11. The molecule has 36 heavy (non-hydrogen) atoms. The van der Waals surface area contributed by atoms with Gasteiger partial charge in [0.25, 0.3) is 0 Å². The van der Waals surface area contributed by atoms with Gasteiger partial charge >= 0.3 is 10.2 Å². The summed E-state index contributed by atoms with van der Waals surface area (Å²) in [5, 5.41) is 2.95. The van der Waals surface area contributed by atoms with Gasteiger partial charge in [-0.3, -0.25) is 9.59 Å². The number of ether oxygens (including phenoxy) is 1. The Kier molecular flexibility index (Phi) is 9.89. The van der Waals surface area contributed by atoms with Crippen LogP contribution in [0.3, 0.4) is 0 Å². The molecule has 0 aliphatic rings. The zero-order chi connectivity index (χ0) is 27.1. The van der Waals surface area contributed by atoms with Crippen molar-refractivity contribution in [3.05, 3.63) is 60.2 Å². The van der Waals surface area contributed by atoms with Gasteiger partial charge in [0, 0.05) is 26.2 Å². The van der Waals surface area contributed by atoms with Gasteiger partial charge in [0.05, 0.1) is 12.8 Å². The first kappa shape index (κ1) is 29.1. The van der Waals surface area contributed by atoms with Crippen LogP contribution in [0.4, 0.5) is 5.69 Å². The van der Waals surface area contributed by atoms with Crippen LogP contribution in [-0.4, -0.2) is 68.8 Å². The summed E-state index contributed by atoms with van der Waals surface area (Å²) in [7, 11) is 0.412. The SMILES string of the molecule is CCC(C(=O)NC(C)(C)C)N(Cc1ccc(OC)cc1)C(=O)CN(c1ccccc1)S(=O)(=O)N(C)C. The average Bonchev–Trinajstić information content (AvgIpc) is 2.81. The quantitative estimate of drug-likeness (QED) is 0.493. The minimum Gasteiger partial charge on any atom is -0.497 e. The van der Waals surface area contributed by atoms with Crippen LogP contribution in [0.15, 0.2) is 54.6 Å². The van der Waals surface area contributed by atoms with E-state index in [0.29, 0.717) is 17.9 Å². The molecule has 0 spiro atoms. The van der Waals surface area contributed by atoms with E-state index < -0.39 is 34.2 Å². The van der Waals surface area contributed by atoms with E-state index in [0.717, 1.165) is 14.2 Å². The predicted octanol–water partition coefficient (Wildman–Crippen LogP) is 3.03. The van der Waals surface area contributed by atoms with E-state index in [1.807, 2.05) is 39.8 Å². The molecule has 0 aromatic heterocycles. The molecule has 1 unspecified atom stereocenters. The molecule has 9 nitrogen and oxygen atoms in total. The van der Waals surface area contributed by atoms with Crippen molar-refractivity contribution in [2.24, 2.45) is 0 Å². The molecule has 1 N–H and O–H groups in total. The van der Waals surface area contributed by atoms with Gasteiger partial charge in [0.2, 0.25) is 11.8 Å². The first-order valence-corrected chi connectivity index (χ1v) is 13.2. The van der Waals surface area contributed by atoms with E-state index in [1.54, 1.807) is 49.6 Å². The second kappa shape index (κ2) is 12.2. The fourth-order valence-corrected chi connectivity index (χ4v) is 4.67. The number of carbonyl (C=O) groups is 2. The maximum absolute atomic E-state index is 13.8. The monoisotopic (exact) mass is 518 g/mol. The number of para-hydroxylation sites is 1. The van der Waals surface area contributed by atoms with E-state index in [1.165, 1.54) is 19.0 Å². The molecule has 2 aromatic rings. The normalized spacial score (nSPS) is 12.7. The van der Waals surface area contributed by atoms with Crippen LogP contribution >= 0.6 is 0 Å². The molecule has 0 bridgehead atoms. The third-order valence-corrected chi connectivity index (χ3v) is 7.28. The molecule has 0 saturated heterocycles. The molecule has 0 radical (unpaired) electrons. The maximum Gasteiger partial charge on any atom is 0.304 e. The van der Waals surface area contributed by atoms with Crippen LogP contribution < -0.4 is 14.4 Å². The van der Waals surface area contributed by atoms with Crippen molar-refractivity contribution < 1.29 is 22.7 Å². The van der Waals surface area contributed by atoms with Gasteiger partial charge in [0.15, 0.2) is 0 Å². The lowest BCUT2D eigenvalue weighted by Gasteiger charge is -2.35. The van der Waals surface area contributed by atoms with Crippen LogP contribution in [0.2, 0.25) is 0 Å². The summed E-state index contributed by atoms with van der Waals surface area (Å²) in [6.07, 6.45) is 0.357. The average molecular weight is 519 g/mol. The van der Waals surface area contributed by atoms with Gasteiger partial charge in [-0.1, -0.05) is 37.3 Å². The number of hydrogen-bond acceptors (Lipinski definition) is 5. The van der Waals surface area contributed by atoms with Crippen LogP contribution in [0, 0.1) is 0 Å². The maximum atomic E-state index is 13.8. The lowest BCUT2D eigenvalue weighted by atomic mass is 10.1. The number of nitrogens with zero attached hydrogens (tertiary/aromatic N) is 3. The highest BCUT2D eigenvalue weighted by molar-refractivity contribution is 7.90. The van der Waals surface area contributed by atoms with Crippen LogP contribution in [0.1, 0.15) is 39.7 Å². The molecule has 0 heterocycles. The molecule has 2 rings (SSSR count). The molecular formula is C26H38N4O5S.